The molecule has 1 aromatic rings. The predicted molar refractivity (Wildman–Crippen MR) is 80.8 cm³/mol. The van der Waals surface area contributed by atoms with Crippen LogP contribution in [0.1, 0.15) is 45.8 Å². The van der Waals surface area contributed by atoms with Gasteiger partial charge in [0.15, 0.2) is 5.82 Å². The molecule has 0 saturated carbocycles. The van der Waals surface area contributed by atoms with Crippen molar-refractivity contribution < 1.29 is 14.1 Å². The third-order valence-electron chi connectivity index (χ3n) is 2.91. The van der Waals surface area contributed by atoms with Crippen molar-refractivity contribution in [1.29, 1.82) is 0 Å². The van der Waals surface area contributed by atoms with Gasteiger partial charge >= 0.3 is 0 Å². The summed E-state index contributed by atoms with van der Waals surface area (Å²) in [4.78, 5) is 25.8. The smallest absolute Gasteiger partial charge is 0.245 e. The van der Waals surface area contributed by atoms with Crippen LogP contribution >= 0.6 is 0 Å². The van der Waals surface area contributed by atoms with Gasteiger partial charge in [0, 0.05) is 19.0 Å². The van der Waals surface area contributed by atoms with Gasteiger partial charge in [-0.2, -0.15) is 0 Å². The molecular formula is C15H25N3O3. The van der Waals surface area contributed by atoms with Gasteiger partial charge in [-0.05, 0) is 19.3 Å². The highest BCUT2D eigenvalue weighted by Gasteiger charge is 2.18. The number of carbonyl (C=O) groups excluding carboxylic acids is 2. The number of amides is 2. The zero-order chi connectivity index (χ0) is 15.8. The maximum absolute atomic E-state index is 12.1. The average Bonchev–Trinajstić information content (AvgIpc) is 2.79. The van der Waals surface area contributed by atoms with Crippen molar-refractivity contribution in [2.45, 2.75) is 47.0 Å². The molecule has 118 valence electrons. The van der Waals surface area contributed by atoms with E-state index < -0.39 is 0 Å². The fourth-order valence-corrected chi connectivity index (χ4v) is 1.96. The molecule has 0 aliphatic carbocycles. The van der Waals surface area contributed by atoms with E-state index in [1.54, 1.807) is 17.9 Å². The first-order chi connectivity index (χ1) is 9.92. The average molecular weight is 295 g/mol. The molecule has 0 fully saturated rings. The van der Waals surface area contributed by atoms with Gasteiger partial charge in [0.05, 0.1) is 6.54 Å². The fraction of sp³-hybridized carbons (Fsp3) is 0.667. The van der Waals surface area contributed by atoms with Gasteiger partial charge in [0.2, 0.25) is 11.8 Å². The largest absolute Gasteiger partial charge is 0.360 e. The van der Waals surface area contributed by atoms with Crippen molar-refractivity contribution in [2.75, 3.05) is 18.4 Å². The molecule has 0 spiro atoms. The molecule has 0 bridgehead atoms. The quantitative estimate of drug-likeness (QED) is 0.800. The van der Waals surface area contributed by atoms with Crippen molar-refractivity contribution in [3.63, 3.8) is 0 Å². The van der Waals surface area contributed by atoms with E-state index >= 15 is 0 Å². The lowest BCUT2D eigenvalue weighted by Crippen LogP contribution is -2.40. The maximum atomic E-state index is 12.1. The number of nitrogens with one attached hydrogen (secondary N) is 1. The third-order valence-corrected chi connectivity index (χ3v) is 2.91. The Bertz CT molecular complexity index is 468. The SMILES string of the molecule is CCCCC(=O)N(CC(=O)Nc1cc(C)on1)CC(C)C. The van der Waals surface area contributed by atoms with E-state index in [2.05, 4.69) is 10.5 Å². The highest BCUT2D eigenvalue weighted by atomic mass is 16.5. The van der Waals surface area contributed by atoms with Crippen LogP contribution in [0.5, 0.6) is 0 Å². The van der Waals surface area contributed by atoms with Crippen LogP contribution in [-0.4, -0.2) is 35.0 Å². The number of rotatable bonds is 8. The number of unbranched alkanes of at least 4 members (excludes halogenated alkanes) is 1. The first-order valence-electron chi connectivity index (χ1n) is 7.43. The Balaban J connectivity index is 2.58. The second-order valence-corrected chi connectivity index (χ2v) is 5.64. The zero-order valence-corrected chi connectivity index (χ0v) is 13.3. The second-order valence-electron chi connectivity index (χ2n) is 5.64. The number of hydrogen-bond donors (Lipinski definition) is 1. The van der Waals surface area contributed by atoms with Crippen LogP contribution < -0.4 is 5.32 Å². The lowest BCUT2D eigenvalue weighted by Gasteiger charge is -2.23. The molecule has 1 N–H and O–H groups in total. The molecule has 0 aliphatic rings. The normalized spacial score (nSPS) is 10.7. The predicted octanol–water partition coefficient (Wildman–Crippen LogP) is 2.60. The Hall–Kier alpha value is -1.85. The number of hydrogen-bond acceptors (Lipinski definition) is 4. The molecule has 6 heteroatoms. The van der Waals surface area contributed by atoms with Gasteiger partial charge in [0.1, 0.15) is 5.76 Å². The van der Waals surface area contributed by atoms with E-state index in [9.17, 15) is 9.59 Å². The van der Waals surface area contributed by atoms with Gasteiger partial charge < -0.3 is 14.7 Å². The molecule has 0 saturated heterocycles. The minimum Gasteiger partial charge on any atom is -0.360 e. The molecule has 1 aromatic heterocycles. The molecule has 1 rings (SSSR count). The summed E-state index contributed by atoms with van der Waals surface area (Å²) in [6.07, 6.45) is 2.29. The summed E-state index contributed by atoms with van der Waals surface area (Å²) >= 11 is 0. The van der Waals surface area contributed by atoms with Crippen LogP contribution in [0.15, 0.2) is 10.6 Å². The summed E-state index contributed by atoms with van der Waals surface area (Å²) in [5.41, 5.74) is 0. The molecule has 0 aromatic carbocycles. The molecule has 21 heavy (non-hydrogen) atoms. The van der Waals surface area contributed by atoms with Crippen molar-refractivity contribution >= 4 is 17.6 Å². The third kappa shape index (κ3) is 6.42. The summed E-state index contributed by atoms with van der Waals surface area (Å²) in [5.74, 6) is 1.09. The number of nitrogens with zero attached hydrogens (tertiary/aromatic N) is 2. The van der Waals surface area contributed by atoms with Crippen LogP contribution in [-0.2, 0) is 9.59 Å². The Morgan fingerprint density at radius 1 is 1.43 bits per heavy atom. The summed E-state index contributed by atoms with van der Waals surface area (Å²) in [5, 5.41) is 6.35. The van der Waals surface area contributed by atoms with E-state index in [4.69, 9.17) is 4.52 Å². The Kier molecular flexibility index (Phi) is 6.91. The standard InChI is InChI=1S/C15H25N3O3/c1-5-6-7-15(20)18(9-11(2)3)10-14(19)16-13-8-12(4)21-17-13/h8,11H,5-7,9-10H2,1-4H3,(H,16,17,19). The minimum absolute atomic E-state index is 0.0250. The molecule has 1 heterocycles. The number of carbonyl (C=O) groups is 2. The highest BCUT2D eigenvalue weighted by Crippen LogP contribution is 2.08. The van der Waals surface area contributed by atoms with E-state index in [0.29, 0.717) is 30.5 Å². The van der Waals surface area contributed by atoms with E-state index in [-0.39, 0.29) is 18.4 Å². The molecule has 0 aliphatic heterocycles. The van der Waals surface area contributed by atoms with Crippen molar-refractivity contribution in [1.82, 2.24) is 10.1 Å². The van der Waals surface area contributed by atoms with Crippen LogP contribution in [0.2, 0.25) is 0 Å². The molecule has 2 amide bonds. The molecule has 0 radical (unpaired) electrons. The van der Waals surface area contributed by atoms with E-state index in [0.717, 1.165) is 12.8 Å². The summed E-state index contributed by atoms with van der Waals surface area (Å²) < 4.78 is 4.89. The van der Waals surface area contributed by atoms with Crippen molar-refractivity contribution in [3.8, 4) is 0 Å². The summed E-state index contributed by atoms with van der Waals surface area (Å²) in [6, 6.07) is 1.64. The topological polar surface area (TPSA) is 75.4 Å². The van der Waals surface area contributed by atoms with Gasteiger partial charge in [-0.25, -0.2) is 0 Å². The van der Waals surface area contributed by atoms with Crippen LogP contribution in [0.4, 0.5) is 5.82 Å². The first-order valence-corrected chi connectivity index (χ1v) is 7.43. The van der Waals surface area contributed by atoms with Gasteiger partial charge in [-0.15, -0.1) is 0 Å². The number of anilines is 1. The van der Waals surface area contributed by atoms with Gasteiger partial charge in [0.25, 0.3) is 0 Å². The Morgan fingerprint density at radius 3 is 2.67 bits per heavy atom. The summed E-state index contributed by atoms with van der Waals surface area (Å²) in [7, 11) is 0. The number of aryl methyl sites for hydroxylation is 1. The summed E-state index contributed by atoms with van der Waals surface area (Å²) in [6.45, 7) is 8.47. The lowest BCUT2D eigenvalue weighted by molar-refractivity contribution is -0.135. The molecule has 0 unspecified atom stereocenters. The number of aromatic nitrogens is 1. The second kappa shape index (κ2) is 8.44. The van der Waals surface area contributed by atoms with E-state index in [1.807, 2.05) is 20.8 Å². The van der Waals surface area contributed by atoms with Crippen molar-refractivity contribution in [2.24, 2.45) is 5.92 Å². The fourth-order valence-electron chi connectivity index (χ4n) is 1.96. The monoisotopic (exact) mass is 295 g/mol. The van der Waals surface area contributed by atoms with Gasteiger partial charge in [-0.1, -0.05) is 32.3 Å². The molecular weight excluding hydrogens is 270 g/mol. The van der Waals surface area contributed by atoms with Gasteiger partial charge in [-0.3, -0.25) is 9.59 Å². The molecule has 6 nitrogen and oxygen atoms in total. The van der Waals surface area contributed by atoms with Crippen LogP contribution in [0, 0.1) is 12.8 Å². The Morgan fingerprint density at radius 2 is 2.14 bits per heavy atom. The maximum Gasteiger partial charge on any atom is 0.245 e. The van der Waals surface area contributed by atoms with Crippen LogP contribution in [0.25, 0.3) is 0 Å². The highest BCUT2D eigenvalue weighted by molar-refractivity contribution is 5.93. The first kappa shape index (κ1) is 17.2. The van der Waals surface area contributed by atoms with Crippen molar-refractivity contribution in [3.05, 3.63) is 11.8 Å². The van der Waals surface area contributed by atoms with E-state index in [1.165, 1.54) is 0 Å². The minimum atomic E-state index is -0.256. The Labute approximate surface area is 125 Å². The van der Waals surface area contributed by atoms with Crippen LogP contribution in [0.3, 0.4) is 0 Å². The lowest BCUT2D eigenvalue weighted by atomic mass is 10.1. The molecule has 0 atom stereocenters. The zero-order valence-electron chi connectivity index (χ0n) is 13.3.